The number of anilines is 2. The lowest BCUT2D eigenvalue weighted by atomic mass is 9.92. The van der Waals surface area contributed by atoms with Crippen LogP contribution >= 0.6 is 0 Å². The van der Waals surface area contributed by atoms with E-state index in [1.54, 1.807) is 21.8 Å². The monoisotopic (exact) mass is 456 g/mol. The first-order chi connectivity index (χ1) is 16.4. The fourth-order valence-electron chi connectivity index (χ4n) is 4.46. The van der Waals surface area contributed by atoms with Gasteiger partial charge in [-0.15, -0.1) is 0 Å². The van der Waals surface area contributed by atoms with Crippen molar-refractivity contribution in [1.29, 1.82) is 0 Å². The second-order valence-corrected chi connectivity index (χ2v) is 10.2. The van der Waals surface area contributed by atoms with Gasteiger partial charge in [0.2, 0.25) is 5.95 Å². The molecule has 4 aromatic rings. The minimum absolute atomic E-state index is 0.103. The molecule has 1 fully saturated rings. The number of hydrogen-bond donors (Lipinski definition) is 2. The van der Waals surface area contributed by atoms with Crippen LogP contribution in [-0.2, 0) is 18.4 Å². The first-order valence-electron chi connectivity index (χ1n) is 11.8. The summed E-state index contributed by atoms with van der Waals surface area (Å²) in [5.74, 6) is 0.890. The summed E-state index contributed by atoms with van der Waals surface area (Å²) in [4.78, 5) is 31.9. The predicted octanol–water partition coefficient (Wildman–Crippen LogP) is 3.39. The van der Waals surface area contributed by atoms with Crippen molar-refractivity contribution >= 4 is 22.7 Å². The van der Waals surface area contributed by atoms with Gasteiger partial charge in [-0.25, -0.2) is 19.6 Å². The van der Waals surface area contributed by atoms with Crippen LogP contribution in [0.15, 0.2) is 41.5 Å². The lowest BCUT2D eigenvalue weighted by molar-refractivity contribution is 0.528. The van der Waals surface area contributed by atoms with Crippen molar-refractivity contribution in [3.63, 3.8) is 0 Å². The number of nitrogens with one attached hydrogen (secondary N) is 2. The van der Waals surface area contributed by atoms with E-state index in [1.807, 2.05) is 6.07 Å². The van der Waals surface area contributed by atoms with Gasteiger partial charge in [-0.05, 0) is 55.1 Å². The van der Waals surface area contributed by atoms with Gasteiger partial charge in [0.05, 0.1) is 11.7 Å². The Balaban J connectivity index is 1.46. The molecule has 4 heterocycles. The molecule has 2 N–H and O–H groups in total. The summed E-state index contributed by atoms with van der Waals surface area (Å²) in [6.45, 7) is 8.20. The van der Waals surface area contributed by atoms with E-state index in [4.69, 9.17) is 9.97 Å². The van der Waals surface area contributed by atoms with Crippen molar-refractivity contribution in [1.82, 2.24) is 34.6 Å². The van der Waals surface area contributed by atoms with E-state index in [1.165, 1.54) is 11.1 Å². The number of nitrogens with zero attached hydrogens (tertiary/aromatic N) is 6. The zero-order chi connectivity index (χ0) is 23.4. The molecule has 174 valence electrons. The molecule has 34 heavy (non-hydrogen) atoms. The second-order valence-electron chi connectivity index (χ2n) is 10.2. The Morgan fingerprint density at radius 1 is 1.09 bits per heavy atom. The lowest BCUT2D eigenvalue weighted by Crippen LogP contribution is -2.23. The molecule has 0 bridgehead atoms. The number of aromatic nitrogens is 6. The Bertz CT molecular complexity index is 1460. The highest BCUT2D eigenvalue weighted by Crippen LogP contribution is 2.35. The van der Waals surface area contributed by atoms with Crippen molar-refractivity contribution in [3.8, 4) is 5.95 Å². The molecular weight excluding hydrogens is 428 g/mol. The van der Waals surface area contributed by atoms with Gasteiger partial charge in [0.15, 0.2) is 5.65 Å². The van der Waals surface area contributed by atoms with Crippen LogP contribution in [-0.4, -0.2) is 35.8 Å². The number of hydrogen-bond acceptors (Lipinski definition) is 7. The summed E-state index contributed by atoms with van der Waals surface area (Å²) in [6, 6.07) is 8.39. The normalized spacial score (nSPS) is 16.0. The smallest absolute Gasteiger partial charge is 0.278 e. The summed E-state index contributed by atoms with van der Waals surface area (Å²) in [6.07, 6.45) is 6.30. The standard InChI is InChI=1S/C25H28N8O/c1-25(2,3)20-9-11-27-24(30-20)33-21-19(22(34)32(33)18-6-7-18)14-28-23(31-21)29-17-5-4-15-8-10-26-13-16(15)12-17/h4-5,9,11-12,14,18,26H,6-8,10,13H2,1-3H3,(H,28,29,31). The van der Waals surface area contributed by atoms with Gasteiger partial charge in [0.25, 0.3) is 11.5 Å². The summed E-state index contributed by atoms with van der Waals surface area (Å²) < 4.78 is 3.52. The predicted molar refractivity (Wildman–Crippen MR) is 131 cm³/mol. The highest BCUT2D eigenvalue weighted by atomic mass is 16.1. The fourth-order valence-corrected chi connectivity index (χ4v) is 4.46. The molecule has 6 rings (SSSR count). The summed E-state index contributed by atoms with van der Waals surface area (Å²) >= 11 is 0. The van der Waals surface area contributed by atoms with Crippen LogP contribution in [0.1, 0.15) is 56.5 Å². The van der Waals surface area contributed by atoms with Gasteiger partial charge in [0.1, 0.15) is 5.39 Å². The topological polar surface area (TPSA) is 103 Å². The number of fused-ring (bicyclic) bond motifs is 2. The van der Waals surface area contributed by atoms with Gasteiger partial charge < -0.3 is 10.6 Å². The fraction of sp³-hybridized carbons (Fsp3) is 0.400. The molecule has 0 atom stereocenters. The molecule has 0 unspecified atom stereocenters. The highest BCUT2D eigenvalue weighted by molar-refractivity contribution is 5.77. The van der Waals surface area contributed by atoms with Gasteiger partial charge in [0, 0.05) is 30.0 Å². The Morgan fingerprint density at radius 2 is 1.94 bits per heavy atom. The maximum atomic E-state index is 13.3. The third-order valence-corrected chi connectivity index (χ3v) is 6.47. The van der Waals surface area contributed by atoms with Gasteiger partial charge >= 0.3 is 0 Å². The molecule has 1 aliphatic carbocycles. The summed E-state index contributed by atoms with van der Waals surface area (Å²) in [5.41, 5.74) is 4.74. The van der Waals surface area contributed by atoms with E-state index in [-0.39, 0.29) is 17.0 Å². The zero-order valence-electron chi connectivity index (χ0n) is 19.7. The molecule has 0 spiro atoms. The molecule has 2 aliphatic rings. The molecular formula is C25H28N8O. The van der Waals surface area contributed by atoms with E-state index < -0.39 is 0 Å². The molecule has 0 saturated heterocycles. The molecule has 0 radical (unpaired) electrons. The van der Waals surface area contributed by atoms with Crippen molar-refractivity contribution in [3.05, 3.63) is 63.8 Å². The van der Waals surface area contributed by atoms with Gasteiger partial charge in [-0.3, -0.25) is 4.79 Å². The Hall–Kier alpha value is -3.59. The Kier molecular flexibility index (Phi) is 4.77. The SMILES string of the molecule is CC(C)(C)c1ccnc(-n2c3nc(Nc4ccc5c(c4)CNCC5)ncc3c(=O)n2C2CC2)n1. The third kappa shape index (κ3) is 3.66. The van der Waals surface area contributed by atoms with Crippen LogP contribution in [0.3, 0.4) is 0 Å². The Morgan fingerprint density at radius 3 is 2.74 bits per heavy atom. The van der Waals surface area contributed by atoms with E-state index in [2.05, 4.69) is 59.6 Å². The average molecular weight is 457 g/mol. The van der Waals surface area contributed by atoms with E-state index >= 15 is 0 Å². The van der Waals surface area contributed by atoms with Crippen molar-refractivity contribution in [2.45, 2.75) is 58.0 Å². The second kappa shape index (κ2) is 7.73. The van der Waals surface area contributed by atoms with Crippen LogP contribution < -0.4 is 16.2 Å². The average Bonchev–Trinajstić information content (AvgIpc) is 3.62. The van der Waals surface area contributed by atoms with E-state index in [9.17, 15) is 4.79 Å². The maximum Gasteiger partial charge on any atom is 0.278 e. The first kappa shape index (κ1) is 21.0. The lowest BCUT2D eigenvalue weighted by Gasteiger charge is -2.19. The first-order valence-corrected chi connectivity index (χ1v) is 11.8. The molecule has 1 aromatic carbocycles. The van der Waals surface area contributed by atoms with Gasteiger partial charge in [-0.1, -0.05) is 26.8 Å². The summed E-state index contributed by atoms with van der Waals surface area (Å²) in [5, 5.41) is 7.20. The molecule has 3 aromatic heterocycles. The zero-order valence-corrected chi connectivity index (χ0v) is 19.7. The van der Waals surface area contributed by atoms with Gasteiger partial charge in [-0.2, -0.15) is 9.67 Å². The van der Waals surface area contributed by atoms with Crippen LogP contribution in [0.4, 0.5) is 11.6 Å². The maximum absolute atomic E-state index is 13.3. The highest BCUT2D eigenvalue weighted by Gasteiger charge is 2.32. The number of benzene rings is 1. The summed E-state index contributed by atoms with van der Waals surface area (Å²) in [7, 11) is 0. The minimum atomic E-state index is -0.144. The molecule has 9 heteroatoms. The number of rotatable bonds is 4. The Labute approximate surface area is 197 Å². The van der Waals surface area contributed by atoms with Crippen LogP contribution in [0.2, 0.25) is 0 Å². The van der Waals surface area contributed by atoms with E-state index in [0.29, 0.717) is 22.9 Å². The molecule has 9 nitrogen and oxygen atoms in total. The molecule has 1 aliphatic heterocycles. The third-order valence-electron chi connectivity index (χ3n) is 6.47. The van der Waals surface area contributed by atoms with Crippen LogP contribution in [0, 0.1) is 0 Å². The van der Waals surface area contributed by atoms with Crippen LogP contribution in [0.25, 0.3) is 17.0 Å². The van der Waals surface area contributed by atoms with Crippen molar-refractivity contribution < 1.29 is 0 Å². The minimum Gasteiger partial charge on any atom is -0.324 e. The van der Waals surface area contributed by atoms with Crippen molar-refractivity contribution in [2.24, 2.45) is 0 Å². The van der Waals surface area contributed by atoms with Crippen LogP contribution in [0.5, 0.6) is 0 Å². The quantitative estimate of drug-likeness (QED) is 0.485. The largest absolute Gasteiger partial charge is 0.324 e. The molecule has 0 amide bonds. The van der Waals surface area contributed by atoms with E-state index in [0.717, 1.165) is 43.7 Å². The van der Waals surface area contributed by atoms with Crippen molar-refractivity contribution in [2.75, 3.05) is 11.9 Å². The molecule has 1 saturated carbocycles.